The average Bonchev–Trinajstić information content (AvgIpc) is 2.76. The molecule has 0 fully saturated rings. The zero-order valence-electron chi connectivity index (χ0n) is 10.7. The van der Waals surface area contributed by atoms with Crippen molar-refractivity contribution in [2.75, 3.05) is 5.32 Å². The van der Waals surface area contributed by atoms with Crippen molar-refractivity contribution in [3.8, 4) is 0 Å². The number of thiocarbonyl (C=S) groups is 1. The molecule has 1 aliphatic carbocycles. The predicted molar refractivity (Wildman–Crippen MR) is 81.0 cm³/mol. The third kappa shape index (κ3) is 3.40. The Morgan fingerprint density at radius 1 is 1.22 bits per heavy atom. The van der Waals surface area contributed by atoms with Crippen molar-refractivity contribution in [1.29, 1.82) is 0 Å². The summed E-state index contributed by atoms with van der Waals surface area (Å²) in [6, 6.07) is 8.02. The minimum Gasteiger partial charge on any atom is -0.331 e. The second-order valence-electron chi connectivity index (χ2n) is 4.47. The van der Waals surface area contributed by atoms with Crippen molar-refractivity contribution < 1.29 is 0 Å². The average molecular weight is 259 g/mol. The third-order valence-electron chi connectivity index (χ3n) is 2.88. The molecule has 94 valence electrons. The van der Waals surface area contributed by atoms with Gasteiger partial charge in [-0.1, -0.05) is 23.8 Å². The Kier molecular flexibility index (Phi) is 4.10. The Balaban J connectivity index is 1.92. The van der Waals surface area contributed by atoms with Crippen molar-refractivity contribution >= 4 is 28.7 Å². The Hall–Kier alpha value is -1.68. The monoisotopic (exact) mass is 259 g/mol. The molecule has 0 aliphatic heterocycles. The lowest BCUT2D eigenvalue weighted by molar-refractivity contribution is 1.00. The van der Waals surface area contributed by atoms with Gasteiger partial charge in [-0.3, -0.25) is 5.43 Å². The molecule has 0 heterocycles. The molecule has 1 aromatic rings. The first-order valence-corrected chi connectivity index (χ1v) is 6.42. The zero-order valence-corrected chi connectivity index (χ0v) is 11.5. The van der Waals surface area contributed by atoms with Crippen LogP contribution in [-0.2, 0) is 0 Å². The normalized spacial score (nSPS) is 16.6. The summed E-state index contributed by atoms with van der Waals surface area (Å²) >= 11 is 5.21. The molecule has 18 heavy (non-hydrogen) atoms. The zero-order chi connectivity index (χ0) is 13.0. The molecule has 0 spiro atoms. The van der Waals surface area contributed by atoms with Crippen LogP contribution in [0, 0.1) is 6.92 Å². The molecule has 0 aromatic heterocycles. The molecule has 1 aromatic carbocycles. The van der Waals surface area contributed by atoms with E-state index in [9.17, 15) is 0 Å². The molecule has 0 atom stereocenters. The Morgan fingerprint density at radius 3 is 2.67 bits per heavy atom. The molecular formula is C14H17N3S. The molecule has 4 heteroatoms. The van der Waals surface area contributed by atoms with Crippen LogP contribution in [0.4, 0.5) is 5.69 Å². The van der Waals surface area contributed by atoms with Gasteiger partial charge < -0.3 is 5.32 Å². The fourth-order valence-electron chi connectivity index (χ4n) is 1.83. The predicted octanol–water partition coefficient (Wildman–Crippen LogP) is 3.38. The second kappa shape index (κ2) is 5.78. The van der Waals surface area contributed by atoms with E-state index in [4.69, 9.17) is 12.2 Å². The number of nitrogens with one attached hydrogen (secondary N) is 2. The molecule has 0 radical (unpaired) electrons. The molecule has 0 saturated heterocycles. The largest absolute Gasteiger partial charge is 0.331 e. The van der Waals surface area contributed by atoms with E-state index in [0.717, 1.165) is 29.8 Å². The Labute approximate surface area is 113 Å². The number of aryl methyl sites for hydroxylation is 1. The number of hydrazone groups is 1. The number of anilines is 1. The van der Waals surface area contributed by atoms with Crippen LogP contribution in [0.15, 0.2) is 41.0 Å². The highest BCUT2D eigenvalue weighted by Crippen LogP contribution is 2.15. The summed E-state index contributed by atoms with van der Waals surface area (Å²) in [6.07, 6.45) is 4.19. The van der Waals surface area contributed by atoms with E-state index in [1.54, 1.807) is 0 Å². The summed E-state index contributed by atoms with van der Waals surface area (Å²) in [4.78, 5) is 0. The SMILES string of the molecule is CC1=C/C(=N/NC(=S)Nc2ccccc2C)CC1. The minimum absolute atomic E-state index is 0.523. The van der Waals surface area contributed by atoms with Crippen molar-refractivity contribution in [3.63, 3.8) is 0 Å². The van der Waals surface area contributed by atoms with E-state index in [1.807, 2.05) is 31.2 Å². The fraction of sp³-hybridized carbons (Fsp3) is 0.286. The lowest BCUT2D eigenvalue weighted by Crippen LogP contribution is -2.25. The van der Waals surface area contributed by atoms with Gasteiger partial charge in [-0.25, -0.2) is 0 Å². The van der Waals surface area contributed by atoms with Crippen LogP contribution in [-0.4, -0.2) is 10.8 Å². The lowest BCUT2D eigenvalue weighted by Gasteiger charge is -2.09. The van der Waals surface area contributed by atoms with Gasteiger partial charge in [-0.15, -0.1) is 0 Å². The van der Waals surface area contributed by atoms with E-state index in [2.05, 4.69) is 28.8 Å². The second-order valence-corrected chi connectivity index (χ2v) is 4.88. The van der Waals surface area contributed by atoms with Gasteiger partial charge >= 0.3 is 0 Å². The minimum atomic E-state index is 0.523. The van der Waals surface area contributed by atoms with Crippen LogP contribution in [0.3, 0.4) is 0 Å². The molecule has 0 bridgehead atoms. The summed E-state index contributed by atoms with van der Waals surface area (Å²) in [5.74, 6) is 0. The van der Waals surface area contributed by atoms with E-state index in [1.165, 1.54) is 5.57 Å². The van der Waals surface area contributed by atoms with Gasteiger partial charge in [0.25, 0.3) is 0 Å². The quantitative estimate of drug-likeness (QED) is 0.631. The smallest absolute Gasteiger partial charge is 0.191 e. The first-order valence-electron chi connectivity index (χ1n) is 6.01. The third-order valence-corrected chi connectivity index (χ3v) is 3.08. The topological polar surface area (TPSA) is 36.4 Å². The summed E-state index contributed by atoms with van der Waals surface area (Å²) in [6.45, 7) is 4.16. The van der Waals surface area contributed by atoms with E-state index < -0.39 is 0 Å². The Bertz CT molecular complexity index is 518. The fourth-order valence-corrected chi connectivity index (χ4v) is 1.98. The maximum Gasteiger partial charge on any atom is 0.191 e. The molecule has 2 N–H and O–H groups in total. The van der Waals surface area contributed by atoms with Crippen LogP contribution < -0.4 is 10.7 Å². The first-order chi connectivity index (χ1) is 8.65. The summed E-state index contributed by atoms with van der Waals surface area (Å²) < 4.78 is 0. The first kappa shape index (κ1) is 12.8. The number of allylic oxidation sites excluding steroid dienone is 2. The lowest BCUT2D eigenvalue weighted by atomic mass is 10.2. The van der Waals surface area contributed by atoms with Gasteiger partial charge in [-0.2, -0.15) is 5.10 Å². The van der Waals surface area contributed by atoms with Gasteiger partial charge in [-0.05, 0) is 56.6 Å². The molecule has 1 aliphatic rings. The van der Waals surface area contributed by atoms with E-state index >= 15 is 0 Å². The van der Waals surface area contributed by atoms with Gasteiger partial charge in [0.05, 0.1) is 5.71 Å². The highest BCUT2D eigenvalue weighted by Gasteiger charge is 2.06. The van der Waals surface area contributed by atoms with Crippen LogP contribution >= 0.6 is 12.2 Å². The molecule has 3 nitrogen and oxygen atoms in total. The maximum absolute atomic E-state index is 5.21. The molecule has 2 rings (SSSR count). The number of hydrogen-bond donors (Lipinski definition) is 2. The number of nitrogens with zero attached hydrogens (tertiary/aromatic N) is 1. The summed E-state index contributed by atoms with van der Waals surface area (Å²) in [5.41, 5.74) is 7.48. The van der Waals surface area contributed by atoms with Crippen molar-refractivity contribution in [2.45, 2.75) is 26.7 Å². The molecule has 0 unspecified atom stereocenters. The standard InChI is InChI=1S/C14H17N3S/c1-10-7-8-12(9-10)16-17-14(18)15-13-6-4-3-5-11(13)2/h3-6,9H,7-8H2,1-2H3,(H2,15,17,18)/b16-12+. The van der Waals surface area contributed by atoms with Gasteiger partial charge in [0.1, 0.15) is 0 Å². The molecular weight excluding hydrogens is 242 g/mol. The van der Waals surface area contributed by atoms with Gasteiger partial charge in [0.2, 0.25) is 0 Å². The van der Waals surface area contributed by atoms with Gasteiger partial charge in [0.15, 0.2) is 5.11 Å². The highest BCUT2D eigenvalue weighted by atomic mass is 32.1. The molecule has 0 saturated carbocycles. The van der Waals surface area contributed by atoms with Crippen LogP contribution in [0.1, 0.15) is 25.3 Å². The highest BCUT2D eigenvalue weighted by molar-refractivity contribution is 7.80. The number of hydrogen-bond acceptors (Lipinski definition) is 2. The molecule has 0 amide bonds. The van der Waals surface area contributed by atoms with Crippen LogP contribution in [0.25, 0.3) is 0 Å². The Morgan fingerprint density at radius 2 is 2.00 bits per heavy atom. The van der Waals surface area contributed by atoms with E-state index in [0.29, 0.717) is 5.11 Å². The van der Waals surface area contributed by atoms with Gasteiger partial charge in [0, 0.05) is 5.69 Å². The van der Waals surface area contributed by atoms with Crippen LogP contribution in [0.2, 0.25) is 0 Å². The van der Waals surface area contributed by atoms with Crippen molar-refractivity contribution in [1.82, 2.24) is 5.43 Å². The number of rotatable bonds is 2. The maximum atomic E-state index is 5.21. The van der Waals surface area contributed by atoms with Crippen molar-refractivity contribution in [2.24, 2.45) is 5.10 Å². The van der Waals surface area contributed by atoms with E-state index in [-0.39, 0.29) is 0 Å². The number of para-hydroxylation sites is 1. The summed E-state index contributed by atoms with van der Waals surface area (Å²) in [5, 5.41) is 7.95. The van der Waals surface area contributed by atoms with Crippen molar-refractivity contribution in [3.05, 3.63) is 41.5 Å². The summed E-state index contributed by atoms with van der Waals surface area (Å²) in [7, 11) is 0. The number of benzene rings is 1. The van der Waals surface area contributed by atoms with Crippen LogP contribution in [0.5, 0.6) is 0 Å².